The fourth-order valence-electron chi connectivity index (χ4n) is 9.46. The van der Waals surface area contributed by atoms with Crippen LogP contribution in [0.1, 0.15) is 111 Å². The van der Waals surface area contributed by atoms with E-state index in [1.807, 2.05) is 44.4 Å². The van der Waals surface area contributed by atoms with Crippen molar-refractivity contribution < 1.29 is 33.3 Å². The van der Waals surface area contributed by atoms with E-state index in [1.165, 1.54) is 199 Å². The van der Waals surface area contributed by atoms with Crippen LogP contribution in [0.2, 0.25) is 0 Å². The highest BCUT2D eigenvalue weighted by Crippen LogP contribution is 2.17. The summed E-state index contributed by atoms with van der Waals surface area (Å²) in [6.45, 7) is 36.2. The Balaban J connectivity index is 0.000000512. The Kier molecular flexibility index (Phi) is 59.3. The van der Waals surface area contributed by atoms with Crippen LogP contribution in [-0.4, -0.2) is 377 Å². The van der Waals surface area contributed by atoms with Gasteiger partial charge in [-0.2, -0.15) is 11.8 Å². The summed E-state index contributed by atoms with van der Waals surface area (Å²) in [5, 5.41) is 4.39. The number of carbonyl (C=O) groups is 2. The number of likely N-dealkylation sites (tertiary alicyclic amines) is 4. The third-order valence-corrected chi connectivity index (χ3v) is 20.9. The van der Waals surface area contributed by atoms with Crippen LogP contribution in [-0.2, 0) is 28.5 Å². The molecule has 0 aromatic rings. The maximum atomic E-state index is 10.6. The van der Waals surface area contributed by atoms with Crippen molar-refractivity contribution in [3.8, 4) is 0 Å². The molecule has 0 bridgehead atoms. The summed E-state index contributed by atoms with van der Waals surface area (Å²) in [7, 11) is 22.4. The molecular weight excluding hydrogens is 1300 g/mol. The van der Waals surface area contributed by atoms with E-state index >= 15 is 0 Å². The average molecular weight is 1440 g/mol. The molecule has 10 fully saturated rings. The summed E-state index contributed by atoms with van der Waals surface area (Å²) in [4.78, 5) is 59.0. The van der Waals surface area contributed by atoms with Gasteiger partial charge in [0.2, 0.25) is 5.91 Å². The predicted octanol–water partition coefficient (Wildman–Crippen LogP) is 8.56. The number of hydrogen-bond acceptors (Lipinski definition) is 25. The topological polar surface area (TPSA) is 174 Å². The number of cyclic esters (lactones) is 1. The molecule has 14 aliphatic heterocycles. The Labute approximate surface area is 602 Å². The normalized spacial score (nSPS) is 23.7. The van der Waals surface area contributed by atoms with Crippen molar-refractivity contribution in [3.05, 3.63) is 0 Å². The highest BCUT2D eigenvalue weighted by atomic mass is 32.2. The van der Waals surface area contributed by atoms with E-state index in [0.717, 1.165) is 117 Å². The van der Waals surface area contributed by atoms with E-state index in [0.29, 0.717) is 22.7 Å². The SMILES string of the molecule is CC1=NCCC1.CC1=NCCCN1.CC1=NCCCO1.CC1=NCCCS1.CN1C(=O)CSC1=S.CN1CCC1.CN1CCCC1.CN1CCCCC1.CN1CCOC1.CN1CCOC1=O.CN1CCOCC1.CN1CCSC1.CN1CCSCC1.COCC1CCCN1C. The number of rotatable bonds is 2. The largest absolute Gasteiger partial charge is 0.481 e. The maximum absolute atomic E-state index is 10.6. The highest BCUT2D eigenvalue weighted by Gasteiger charge is 2.22. The Morgan fingerprint density at radius 2 is 1.08 bits per heavy atom. The zero-order valence-electron chi connectivity index (χ0n) is 62.6. The predicted molar refractivity (Wildman–Crippen MR) is 417 cm³/mol. The lowest BCUT2D eigenvalue weighted by Crippen LogP contribution is -2.32. The van der Waals surface area contributed by atoms with E-state index in [9.17, 15) is 9.59 Å². The summed E-state index contributed by atoms with van der Waals surface area (Å²) in [6, 6.07) is 0.690. The van der Waals surface area contributed by atoms with Gasteiger partial charge in [0.15, 0.2) is 5.90 Å². The summed E-state index contributed by atoms with van der Waals surface area (Å²) in [6.07, 6.45) is 17.0. The molecule has 22 nitrogen and oxygen atoms in total. The van der Waals surface area contributed by atoms with Gasteiger partial charge in [0.05, 0.1) is 62.9 Å². The number of amidine groups is 1. The summed E-state index contributed by atoms with van der Waals surface area (Å²) in [5.74, 6) is 9.06. The molecule has 0 radical (unpaired) electrons. The average Bonchev–Trinajstić information content (AvgIpc) is 2.10. The Morgan fingerprint density at radius 1 is 0.516 bits per heavy atom. The molecule has 95 heavy (non-hydrogen) atoms. The lowest BCUT2D eigenvalue weighted by Gasteiger charge is -2.24. The summed E-state index contributed by atoms with van der Waals surface area (Å²) in [5.41, 5.74) is 1.33. The minimum Gasteiger partial charge on any atom is -0.481 e. The molecule has 10 saturated heterocycles. The van der Waals surface area contributed by atoms with Crippen molar-refractivity contribution in [2.24, 2.45) is 20.0 Å². The van der Waals surface area contributed by atoms with Crippen molar-refractivity contribution >= 4 is 98.1 Å². The molecule has 27 heteroatoms. The van der Waals surface area contributed by atoms with Crippen LogP contribution >= 0.6 is 59.3 Å². The molecule has 0 aromatic heterocycles. The number of methoxy groups -OCH3 is 1. The molecule has 0 saturated carbocycles. The number of aliphatic imine (C=N–C) groups is 4. The number of morpholine rings is 1. The van der Waals surface area contributed by atoms with Crippen LogP contribution in [0.4, 0.5) is 4.79 Å². The fraction of sp³-hybridized carbons (Fsp3) is 0.897. The number of piperidine rings is 1. The number of nitrogens with one attached hydrogen (secondary N) is 1. The maximum Gasteiger partial charge on any atom is 0.409 e. The van der Waals surface area contributed by atoms with Crippen LogP contribution in [0.25, 0.3) is 0 Å². The van der Waals surface area contributed by atoms with Gasteiger partial charge in [0, 0.05) is 147 Å². The van der Waals surface area contributed by atoms with Gasteiger partial charge in [0.1, 0.15) is 10.9 Å². The standard InChI is InChI=1S/C7H15NO.C6H13N.C5H10N2.C5H11NO.C5H9NO.C5H11NS.C5H9NS.C5H11N.C5H9N.C4H7NO2.C4H5NOS2.C4H9NO.C4H9NS.C4H9N/c1-8-5-3-4-7(8)6-9-2;1-7-5-3-2-4-6-7;1-5-6-3-2-4-7-5;1-6-2-4-7-5-3-6;1-5-6-3-2-4-7-5;1-6-2-4-7-5-3-6;1-5-6-3-2-4-7-5;1-6-4-2-3-5-6;1-5-3-2-4-6-5;1-5-2-3-7-4(5)6;1-5-3(6)2-8-4(5)7;2*1-5-2-3-6-4-5;1-5-3-2-4-5/h7H,3-6H2,1-2H3;2-6H2,1H3;2-4H2,1H3,(H,6,7);2-5H2,1H3;2-4H2,1H3;2-5H2,1H3;2-4H2,1H3;2-5H2,1H3;2-4H2,1H3;2-3H2,1H3;2H2,1H3;2*2-4H2,1H3;2-4H2,1H3. The monoisotopic (exact) mass is 1440 g/mol. The van der Waals surface area contributed by atoms with Crippen molar-refractivity contribution in [1.82, 2.24) is 54.3 Å². The first kappa shape index (κ1) is 91.1. The third kappa shape index (κ3) is 55.4. The molecule has 14 aliphatic rings. The van der Waals surface area contributed by atoms with E-state index in [-0.39, 0.29) is 12.0 Å². The molecule has 0 spiro atoms. The second-order valence-corrected chi connectivity index (χ2v) is 30.7. The zero-order valence-corrected chi connectivity index (χ0v) is 66.6. The molecule has 0 aliphatic carbocycles. The Bertz CT molecular complexity index is 1860. The van der Waals surface area contributed by atoms with Crippen LogP contribution in [0, 0.1) is 0 Å². The molecule has 0 aromatic carbocycles. The Hall–Kier alpha value is -1.93. The van der Waals surface area contributed by atoms with E-state index in [1.54, 1.807) is 26.1 Å². The third-order valence-electron chi connectivity index (χ3n) is 16.3. The van der Waals surface area contributed by atoms with Gasteiger partial charge in [-0.15, -0.1) is 23.5 Å². The minimum absolute atomic E-state index is 0.111. The van der Waals surface area contributed by atoms with E-state index in [4.69, 9.17) is 31.2 Å². The Morgan fingerprint density at radius 3 is 1.31 bits per heavy atom. The van der Waals surface area contributed by atoms with E-state index < -0.39 is 0 Å². The number of likely N-dealkylation sites (N-methyl/N-ethyl adjacent to an activating group) is 4. The first-order chi connectivity index (χ1) is 45.7. The zero-order chi connectivity index (χ0) is 70.1. The number of nitrogens with zero attached hydrogens (tertiary/aromatic N) is 14. The number of carbonyl (C=O) groups excluding carboxylic acids is 2. The van der Waals surface area contributed by atoms with Gasteiger partial charge in [-0.3, -0.25) is 34.6 Å². The molecule has 556 valence electrons. The molecule has 14 rings (SSSR count). The molecule has 1 N–H and O–H groups in total. The van der Waals surface area contributed by atoms with Crippen molar-refractivity contribution in [2.45, 2.75) is 117 Å². The van der Waals surface area contributed by atoms with Gasteiger partial charge in [0.25, 0.3) is 0 Å². The number of ether oxygens (including phenoxy) is 5. The highest BCUT2D eigenvalue weighted by molar-refractivity contribution is 8.24. The number of thiocarbonyl (C=S) groups is 1. The molecular formula is C68H137N15O7S5. The van der Waals surface area contributed by atoms with Gasteiger partial charge in [-0.05, 0) is 194 Å². The molecule has 2 amide bonds. The number of amides is 2. The summed E-state index contributed by atoms with van der Waals surface area (Å²) >= 11 is 12.1. The van der Waals surface area contributed by atoms with Crippen molar-refractivity contribution in [3.63, 3.8) is 0 Å². The van der Waals surface area contributed by atoms with Crippen molar-refractivity contribution in [2.75, 3.05) is 283 Å². The van der Waals surface area contributed by atoms with Gasteiger partial charge in [-0.25, -0.2) is 4.79 Å². The van der Waals surface area contributed by atoms with Gasteiger partial charge in [-0.1, -0.05) is 30.4 Å². The number of thioether (sulfide) groups is 4. The van der Waals surface area contributed by atoms with Crippen LogP contribution in [0.3, 0.4) is 0 Å². The quantitative estimate of drug-likeness (QED) is 0.260. The van der Waals surface area contributed by atoms with Crippen molar-refractivity contribution in [1.29, 1.82) is 0 Å². The van der Waals surface area contributed by atoms with Gasteiger partial charge >= 0.3 is 6.09 Å². The summed E-state index contributed by atoms with van der Waals surface area (Å²) < 4.78 is 25.4. The fourth-order valence-corrected chi connectivity index (χ4v) is 13.3. The molecule has 14 heterocycles. The number of hydrogen-bond donors (Lipinski definition) is 1. The van der Waals surface area contributed by atoms with Crippen LogP contribution in [0.15, 0.2) is 20.0 Å². The first-order valence-corrected chi connectivity index (χ1v) is 40.0. The van der Waals surface area contributed by atoms with Gasteiger partial charge < -0.3 is 68.2 Å². The second-order valence-electron chi connectivity index (χ2n) is 25.5. The lowest BCUT2D eigenvalue weighted by atomic mass is 10.1. The lowest BCUT2D eigenvalue weighted by molar-refractivity contribution is -0.123. The smallest absolute Gasteiger partial charge is 0.409 e. The minimum atomic E-state index is -0.208. The molecule has 1 unspecified atom stereocenters. The van der Waals surface area contributed by atoms with Crippen LogP contribution < -0.4 is 5.32 Å². The molecule has 1 atom stereocenters. The second kappa shape index (κ2) is 61.9. The van der Waals surface area contributed by atoms with Crippen LogP contribution in [0.5, 0.6) is 0 Å². The first-order valence-electron chi connectivity index (χ1n) is 35.3. The van der Waals surface area contributed by atoms with E-state index in [2.05, 4.69) is 144 Å².